The lowest BCUT2D eigenvalue weighted by Crippen LogP contribution is -2.47. The molecule has 3 atom stereocenters. The van der Waals surface area contributed by atoms with Gasteiger partial charge in [0.1, 0.15) is 0 Å². The fourth-order valence-electron chi connectivity index (χ4n) is 4.88. The van der Waals surface area contributed by atoms with E-state index in [4.69, 9.17) is 8.85 Å². The molecule has 0 radical (unpaired) electrons. The molecule has 240 valence electrons. The van der Waals surface area contributed by atoms with E-state index in [2.05, 4.69) is 81.2 Å². The van der Waals surface area contributed by atoms with E-state index in [9.17, 15) is 5.11 Å². The largest absolute Gasteiger partial charge is 0.414 e. The summed E-state index contributed by atoms with van der Waals surface area (Å²) in [6.45, 7) is 29.4. The molecule has 40 heavy (non-hydrogen) atoms. The Balaban J connectivity index is 5.03. The van der Waals surface area contributed by atoms with Crippen molar-refractivity contribution in [3.05, 3.63) is 12.7 Å². The van der Waals surface area contributed by atoms with Crippen LogP contribution in [0.25, 0.3) is 0 Å². The van der Waals surface area contributed by atoms with Crippen LogP contribution in [0.2, 0.25) is 36.3 Å². The van der Waals surface area contributed by atoms with Gasteiger partial charge in [0.05, 0.1) is 6.10 Å². The number of hydrogen-bond acceptors (Lipinski definition) is 3. The monoisotopic (exact) mass is 599 g/mol. The SMILES string of the molecule is C=CC[C@H](O)C[C@H](C[C@H](CCCCCCCCCCCCCCC)O[Si](C)(C)C(C)(C)C)O[Si](C)(C)C(C)(C)C. The van der Waals surface area contributed by atoms with Crippen LogP contribution in [-0.2, 0) is 8.85 Å². The van der Waals surface area contributed by atoms with E-state index in [-0.39, 0.29) is 22.3 Å². The first-order chi connectivity index (χ1) is 18.5. The quantitative estimate of drug-likeness (QED) is 0.0682. The van der Waals surface area contributed by atoms with Gasteiger partial charge in [-0.1, -0.05) is 138 Å². The van der Waals surface area contributed by atoms with Crippen LogP contribution >= 0.6 is 0 Å². The van der Waals surface area contributed by atoms with Crippen molar-refractivity contribution in [2.24, 2.45) is 0 Å². The first-order valence-corrected chi connectivity index (χ1v) is 22.9. The van der Waals surface area contributed by atoms with Gasteiger partial charge in [-0.2, -0.15) is 0 Å². The highest BCUT2D eigenvalue weighted by Crippen LogP contribution is 2.41. The first kappa shape index (κ1) is 40.1. The van der Waals surface area contributed by atoms with E-state index in [0.717, 1.165) is 12.8 Å². The average molecular weight is 599 g/mol. The van der Waals surface area contributed by atoms with Gasteiger partial charge in [-0.05, 0) is 61.9 Å². The summed E-state index contributed by atoms with van der Waals surface area (Å²) in [6.07, 6.45) is 22.8. The van der Waals surface area contributed by atoms with Gasteiger partial charge in [-0.3, -0.25) is 0 Å². The van der Waals surface area contributed by atoms with Gasteiger partial charge < -0.3 is 14.0 Å². The van der Waals surface area contributed by atoms with Crippen LogP contribution in [0.1, 0.15) is 158 Å². The Morgan fingerprint density at radius 2 is 1.00 bits per heavy atom. The highest BCUT2D eigenvalue weighted by atomic mass is 28.4. The molecule has 0 aliphatic heterocycles. The summed E-state index contributed by atoms with van der Waals surface area (Å²) in [6, 6.07) is 0. The zero-order valence-electron chi connectivity index (χ0n) is 29.3. The molecule has 1 N–H and O–H groups in total. The van der Waals surface area contributed by atoms with Crippen LogP contribution in [0.4, 0.5) is 0 Å². The van der Waals surface area contributed by atoms with Crippen molar-refractivity contribution in [1.29, 1.82) is 0 Å². The molecule has 0 aliphatic rings. The van der Waals surface area contributed by atoms with Gasteiger partial charge in [0.15, 0.2) is 16.6 Å². The Morgan fingerprint density at radius 1 is 0.625 bits per heavy atom. The third kappa shape index (κ3) is 17.9. The minimum absolute atomic E-state index is 0.0209. The lowest BCUT2D eigenvalue weighted by molar-refractivity contribution is 0.0469. The van der Waals surface area contributed by atoms with E-state index in [1.165, 1.54) is 83.5 Å². The van der Waals surface area contributed by atoms with Gasteiger partial charge in [0, 0.05) is 12.2 Å². The lowest BCUT2D eigenvalue weighted by atomic mass is 9.99. The molecule has 3 nitrogen and oxygen atoms in total. The van der Waals surface area contributed by atoms with Gasteiger partial charge in [0.25, 0.3) is 0 Å². The van der Waals surface area contributed by atoms with Gasteiger partial charge in [-0.25, -0.2) is 0 Å². The number of hydrogen-bond donors (Lipinski definition) is 1. The second-order valence-electron chi connectivity index (χ2n) is 15.7. The van der Waals surface area contributed by atoms with Crippen molar-refractivity contribution in [3.8, 4) is 0 Å². The Labute approximate surface area is 254 Å². The Hall–Kier alpha value is 0.0538. The molecule has 0 aromatic heterocycles. The normalized spacial score (nSPS) is 15.7. The summed E-state index contributed by atoms with van der Waals surface area (Å²) in [4.78, 5) is 0. The third-order valence-electron chi connectivity index (χ3n) is 9.66. The molecule has 0 unspecified atom stereocenters. The molecule has 0 aromatic carbocycles. The van der Waals surface area contributed by atoms with Gasteiger partial charge >= 0.3 is 0 Å². The van der Waals surface area contributed by atoms with E-state index in [1.54, 1.807) is 0 Å². The van der Waals surface area contributed by atoms with Crippen molar-refractivity contribution < 1.29 is 14.0 Å². The molecule has 0 rings (SSSR count). The molecular formula is C35H74O3Si2. The first-order valence-electron chi connectivity index (χ1n) is 17.1. The number of aliphatic hydroxyl groups excluding tert-OH is 1. The predicted octanol–water partition coefficient (Wildman–Crippen LogP) is 12.0. The third-order valence-corrected chi connectivity index (χ3v) is 18.7. The van der Waals surface area contributed by atoms with Gasteiger partial charge in [0.2, 0.25) is 0 Å². The van der Waals surface area contributed by atoms with E-state index in [1.807, 2.05) is 6.08 Å². The lowest BCUT2D eigenvalue weighted by Gasteiger charge is -2.43. The van der Waals surface area contributed by atoms with Crippen molar-refractivity contribution in [2.45, 2.75) is 212 Å². The van der Waals surface area contributed by atoms with Crippen molar-refractivity contribution >= 4 is 16.6 Å². The van der Waals surface area contributed by atoms with E-state index in [0.29, 0.717) is 12.8 Å². The van der Waals surface area contributed by atoms with E-state index >= 15 is 0 Å². The van der Waals surface area contributed by atoms with Crippen LogP contribution < -0.4 is 0 Å². The summed E-state index contributed by atoms with van der Waals surface area (Å²) >= 11 is 0. The van der Waals surface area contributed by atoms with Crippen LogP contribution in [0.3, 0.4) is 0 Å². The molecule has 5 heteroatoms. The Kier molecular flexibility index (Phi) is 20.1. The topological polar surface area (TPSA) is 38.7 Å². The zero-order chi connectivity index (χ0) is 30.9. The van der Waals surface area contributed by atoms with Crippen molar-refractivity contribution in [2.75, 3.05) is 0 Å². The van der Waals surface area contributed by atoms with Crippen LogP contribution in [0.5, 0.6) is 0 Å². The smallest absolute Gasteiger partial charge is 0.192 e. The summed E-state index contributed by atoms with van der Waals surface area (Å²) in [5.74, 6) is 0. The minimum atomic E-state index is -1.97. The molecule has 0 saturated carbocycles. The van der Waals surface area contributed by atoms with Crippen LogP contribution in [-0.4, -0.2) is 40.1 Å². The Bertz CT molecular complexity index is 634. The molecule has 0 spiro atoms. The van der Waals surface area contributed by atoms with E-state index < -0.39 is 22.7 Å². The average Bonchev–Trinajstić information content (AvgIpc) is 2.80. The maximum Gasteiger partial charge on any atom is 0.192 e. The molecular weight excluding hydrogens is 525 g/mol. The second kappa shape index (κ2) is 20.1. The molecule has 0 bridgehead atoms. The highest BCUT2D eigenvalue weighted by molar-refractivity contribution is 6.74. The number of unbranched alkanes of at least 4 members (excludes halogenated alkanes) is 12. The zero-order valence-corrected chi connectivity index (χ0v) is 31.3. The predicted molar refractivity (Wildman–Crippen MR) is 185 cm³/mol. The Morgan fingerprint density at radius 3 is 1.38 bits per heavy atom. The maximum atomic E-state index is 10.7. The highest BCUT2D eigenvalue weighted by Gasteiger charge is 2.42. The minimum Gasteiger partial charge on any atom is -0.414 e. The standard InChI is InChI=1S/C35H74O3Si2/c1-13-15-16-17-18-19-20-21-22-23-24-25-26-28-32(37-39(9,10)34(3,4)5)30-33(29-31(36)27-14-2)38-40(11,12)35(6,7)8/h14,31-33,36H,2,13,15-30H2,1,3-12H3/t31-,32-,33+/m0/s1. The molecule has 0 amide bonds. The van der Waals surface area contributed by atoms with Gasteiger partial charge in [-0.15, -0.1) is 6.58 Å². The fourth-order valence-corrected chi connectivity index (χ4v) is 7.66. The molecule has 0 saturated heterocycles. The molecule has 0 aliphatic carbocycles. The van der Waals surface area contributed by atoms with Crippen molar-refractivity contribution in [3.63, 3.8) is 0 Å². The number of aliphatic hydroxyl groups is 1. The van der Waals surface area contributed by atoms with Crippen LogP contribution in [0, 0.1) is 0 Å². The molecule has 0 heterocycles. The summed E-state index contributed by atoms with van der Waals surface area (Å²) in [5.41, 5.74) is 0. The summed E-state index contributed by atoms with van der Waals surface area (Å²) in [5, 5.41) is 11.0. The molecule has 0 fully saturated rings. The van der Waals surface area contributed by atoms with Crippen LogP contribution in [0.15, 0.2) is 12.7 Å². The maximum absolute atomic E-state index is 10.7. The summed E-state index contributed by atoms with van der Waals surface area (Å²) in [7, 11) is -3.89. The fraction of sp³-hybridized carbons (Fsp3) is 0.943. The summed E-state index contributed by atoms with van der Waals surface area (Å²) < 4.78 is 14.0. The second-order valence-corrected chi connectivity index (χ2v) is 25.2. The molecule has 0 aromatic rings. The number of rotatable bonds is 24. The van der Waals surface area contributed by atoms with Crippen molar-refractivity contribution in [1.82, 2.24) is 0 Å².